The molecule has 4 heteroatoms. The second-order valence-corrected chi connectivity index (χ2v) is 5.29. The number of hydrogen-bond donors (Lipinski definition) is 1. The number of halogens is 1. The van der Waals surface area contributed by atoms with Crippen LogP contribution in [0.3, 0.4) is 0 Å². The number of hydrogen-bond acceptors (Lipinski definition) is 3. The minimum atomic E-state index is 0.0470. The highest BCUT2D eigenvalue weighted by Crippen LogP contribution is 2.29. The minimum absolute atomic E-state index is 0.0470. The van der Waals surface area contributed by atoms with Crippen molar-refractivity contribution in [2.75, 3.05) is 11.9 Å². The molecule has 3 nitrogen and oxygen atoms in total. The molecule has 1 atom stereocenters. The van der Waals surface area contributed by atoms with E-state index in [1.54, 1.807) is 6.26 Å². The topological polar surface area (TPSA) is 42.4 Å². The lowest BCUT2D eigenvalue weighted by Gasteiger charge is -2.20. The molecule has 0 aliphatic rings. The molecule has 0 unspecified atom stereocenters. The van der Waals surface area contributed by atoms with Gasteiger partial charge in [0.15, 0.2) is 0 Å². The molecule has 0 fully saturated rings. The van der Waals surface area contributed by atoms with E-state index in [9.17, 15) is 0 Å². The summed E-state index contributed by atoms with van der Waals surface area (Å²) in [6, 6.07) is 10.1. The normalized spacial score (nSPS) is 12.4. The van der Waals surface area contributed by atoms with Gasteiger partial charge in [0.2, 0.25) is 0 Å². The maximum atomic E-state index is 5.87. The molecular weight excluding hydrogens is 292 g/mol. The highest BCUT2D eigenvalue weighted by molar-refractivity contribution is 9.10. The van der Waals surface area contributed by atoms with Gasteiger partial charge in [0.05, 0.1) is 18.5 Å². The number of rotatable bonds is 4. The van der Waals surface area contributed by atoms with Gasteiger partial charge < -0.3 is 15.1 Å². The first-order chi connectivity index (χ1) is 8.58. The van der Waals surface area contributed by atoms with Crippen molar-refractivity contribution >= 4 is 21.6 Å². The Kier molecular flexibility index (Phi) is 4.09. The predicted molar refractivity (Wildman–Crippen MR) is 77.6 cm³/mol. The van der Waals surface area contributed by atoms with Crippen LogP contribution in [-0.4, -0.2) is 7.05 Å². The van der Waals surface area contributed by atoms with E-state index in [0.29, 0.717) is 0 Å². The molecule has 1 aromatic carbocycles. The lowest BCUT2D eigenvalue weighted by molar-refractivity contribution is 0.507. The van der Waals surface area contributed by atoms with Gasteiger partial charge in [-0.05, 0) is 52.7 Å². The summed E-state index contributed by atoms with van der Waals surface area (Å²) in [4.78, 5) is 2.13. The molecule has 0 amide bonds. The molecule has 1 aromatic heterocycles. The smallest absolute Gasteiger partial charge is 0.123 e. The molecule has 2 N–H and O–H groups in total. The first-order valence-electron chi connectivity index (χ1n) is 5.86. The molecule has 2 rings (SSSR count). The second kappa shape index (κ2) is 5.59. The summed E-state index contributed by atoms with van der Waals surface area (Å²) in [6.07, 6.45) is 1.69. The van der Waals surface area contributed by atoms with E-state index in [-0.39, 0.29) is 6.04 Å². The monoisotopic (exact) mass is 308 g/mol. The molecule has 0 radical (unpaired) electrons. The second-order valence-electron chi connectivity index (χ2n) is 4.43. The van der Waals surface area contributed by atoms with Crippen molar-refractivity contribution in [3.8, 4) is 0 Å². The fraction of sp³-hybridized carbons (Fsp3) is 0.286. The van der Waals surface area contributed by atoms with Gasteiger partial charge in [-0.15, -0.1) is 0 Å². The number of anilines is 1. The Labute approximate surface area is 116 Å². The van der Waals surface area contributed by atoms with Gasteiger partial charge in [0.1, 0.15) is 5.76 Å². The van der Waals surface area contributed by atoms with E-state index in [2.05, 4.69) is 39.0 Å². The van der Waals surface area contributed by atoms with Gasteiger partial charge in [-0.1, -0.05) is 6.07 Å². The van der Waals surface area contributed by atoms with Gasteiger partial charge in [-0.3, -0.25) is 0 Å². The maximum Gasteiger partial charge on any atom is 0.123 e. The van der Waals surface area contributed by atoms with E-state index in [0.717, 1.165) is 28.0 Å². The first-order valence-corrected chi connectivity index (χ1v) is 6.66. The Morgan fingerprint density at radius 2 is 2.17 bits per heavy atom. The van der Waals surface area contributed by atoms with Crippen LogP contribution in [0.5, 0.6) is 0 Å². The Morgan fingerprint density at radius 1 is 1.39 bits per heavy atom. The van der Waals surface area contributed by atoms with Gasteiger partial charge in [-0.25, -0.2) is 0 Å². The molecule has 0 aliphatic heterocycles. The van der Waals surface area contributed by atoms with E-state index in [4.69, 9.17) is 10.2 Å². The summed E-state index contributed by atoms with van der Waals surface area (Å²) < 4.78 is 6.40. The lowest BCUT2D eigenvalue weighted by Crippen LogP contribution is -2.16. The van der Waals surface area contributed by atoms with Crippen LogP contribution < -0.4 is 10.6 Å². The van der Waals surface area contributed by atoms with Crippen molar-refractivity contribution in [3.63, 3.8) is 0 Å². The Balaban J connectivity index is 2.17. The largest absolute Gasteiger partial charge is 0.467 e. The molecule has 18 heavy (non-hydrogen) atoms. The first kappa shape index (κ1) is 13.2. The van der Waals surface area contributed by atoms with Crippen molar-refractivity contribution in [1.82, 2.24) is 0 Å². The minimum Gasteiger partial charge on any atom is -0.467 e. The zero-order valence-electron chi connectivity index (χ0n) is 10.6. The molecule has 1 heterocycles. The quantitative estimate of drug-likeness (QED) is 0.936. The summed E-state index contributed by atoms with van der Waals surface area (Å²) in [5.74, 6) is 0.945. The maximum absolute atomic E-state index is 5.87. The van der Waals surface area contributed by atoms with Crippen molar-refractivity contribution in [1.29, 1.82) is 0 Å². The van der Waals surface area contributed by atoms with Crippen LogP contribution in [0.15, 0.2) is 45.5 Å². The van der Waals surface area contributed by atoms with Gasteiger partial charge in [0.25, 0.3) is 0 Å². The highest BCUT2D eigenvalue weighted by Gasteiger charge is 2.09. The van der Waals surface area contributed by atoms with Crippen molar-refractivity contribution in [2.45, 2.75) is 19.5 Å². The van der Waals surface area contributed by atoms with Crippen LogP contribution in [0.1, 0.15) is 24.3 Å². The average Bonchev–Trinajstić information content (AvgIpc) is 2.81. The van der Waals surface area contributed by atoms with Crippen LogP contribution in [0, 0.1) is 0 Å². The third-order valence-electron chi connectivity index (χ3n) is 2.88. The summed E-state index contributed by atoms with van der Waals surface area (Å²) in [6.45, 7) is 2.72. The van der Waals surface area contributed by atoms with Crippen LogP contribution in [0.25, 0.3) is 0 Å². The SMILES string of the molecule is C[C@H](N)c1ccc(N(C)Cc2ccco2)c(Br)c1. The predicted octanol–water partition coefficient (Wildman–Crippen LogP) is 3.70. The molecule has 0 spiro atoms. The van der Waals surface area contributed by atoms with Crippen LogP contribution in [0.2, 0.25) is 0 Å². The van der Waals surface area contributed by atoms with Gasteiger partial charge >= 0.3 is 0 Å². The summed E-state index contributed by atoms with van der Waals surface area (Å²) in [7, 11) is 2.04. The third kappa shape index (κ3) is 2.94. The van der Waals surface area contributed by atoms with Gasteiger partial charge in [-0.2, -0.15) is 0 Å². The Bertz CT molecular complexity index is 509. The van der Waals surface area contributed by atoms with E-state index in [1.165, 1.54) is 0 Å². The van der Waals surface area contributed by atoms with Crippen LogP contribution >= 0.6 is 15.9 Å². The third-order valence-corrected chi connectivity index (χ3v) is 3.52. The standard InChI is InChI=1S/C14H17BrN2O/c1-10(16)11-5-6-14(13(15)8-11)17(2)9-12-4-3-7-18-12/h3-8,10H,9,16H2,1-2H3/t10-/m0/s1. The highest BCUT2D eigenvalue weighted by atomic mass is 79.9. The van der Waals surface area contributed by atoms with Gasteiger partial charge in [0, 0.05) is 17.6 Å². The fourth-order valence-corrected chi connectivity index (χ4v) is 2.54. The Hall–Kier alpha value is -1.26. The fourth-order valence-electron chi connectivity index (χ4n) is 1.84. The lowest BCUT2D eigenvalue weighted by atomic mass is 10.1. The van der Waals surface area contributed by atoms with Crippen molar-refractivity contribution < 1.29 is 4.42 Å². The van der Waals surface area contributed by atoms with E-state index < -0.39 is 0 Å². The number of nitrogens with two attached hydrogens (primary N) is 1. The molecule has 0 bridgehead atoms. The van der Waals surface area contributed by atoms with Crippen molar-refractivity contribution in [3.05, 3.63) is 52.4 Å². The zero-order chi connectivity index (χ0) is 13.1. The van der Waals surface area contributed by atoms with Crippen molar-refractivity contribution in [2.24, 2.45) is 5.73 Å². The average molecular weight is 309 g/mol. The van der Waals surface area contributed by atoms with E-state index >= 15 is 0 Å². The molecule has 0 saturated carbocycles. The number of nitrogens with zero attached hydrogens (tertiary/aromatic N) is 1. The van der Waals surface area contributed by atoms with Crippen LogP contribution in [-0.2, 0) is 6.54 Å². The van der Waals surface area contributed by atoms with Crippen LogP contribution in [0.4, 0.5) is 5.69 Å². The summed E-state index contributed by atoms with van der Waals surface area (Å²) in [5.41, 5.74) is 8.11. The molecule has 96 valence electrons. The molecule has 2 aromatic rings. The summed E-state index contributed by atoms with van der Waals surface area (Å²) in [5, 5.41) is 0. The Morgan fingerprint density at radius 3 is 2.72 bits per heavy atom. The number of benzene rings is 1. The zero-order valence-corrected chi connectivity index (χ0v) is 12.1. The van der Waals surface area contributed by atoms with E-state index in [1.807, 2.05) is 26.1 Å². The molecular formula is C14H17BrN2O. The number of furan rings is 1. The molecule has 0 saturated heterocycles. The summed E-state index contributed by atoms with van der Waals surface area (Å²) >= 11 is 3.59. The molecule has 0 aliphatic carbocycles.